The van der Waals surface area contributed by atoms with Crippen LogP contribution in [0.2, 0.25) is 0 Å². The van der Waals surface area contributed by atoms with Crippen LogP contribution in [0, 0.1) is 0 Å². The van der Waals surface area contributed by atoms with E-state index in [0.717, 1.165) is 23.1 Å². The number of ether oxygens (including phenoxy) is 4. The third kappa shape index (κ3) is 4.46. The van der Waals surface area contributed by atoms with E-state index in [2.05, 4.69) is 0 Å². The third-order valence-corrected chi connectivity index (χ3v) is 6.16. The van der Waals surface area contributed by atoms with Crippen molar-refractivity contribution in [3.05, 3.63) is 82.9 Å². The first-order valence-corrected chi connectivity index (χ1v) is 10.9. The number of hydrogen-bond acceptors (Lipinski definition) is 5. The van der Waals surface area contributed by atoms with Crippen LogP contribution in [0.15, 0.2) is 60.7 Å². The second-order valence-electron chi connectivity index (χ2n) is 7.93. The zero-order valence-corrected chi connectivity index (χ0v) is 19.5. The van der Waals surface area contributed by atoms with E-state index >= 15 is 0 Å². The summed E-state index contributed by atoms with van der Waals surface area (Å²) in [7, 11) is 6.51. The quantitative estimate of drug-likeness (QED) is 0.525. The lowest BCUT2D eigenvalue weighted by atomic mass is 9.87. The average Bonchev–Trinajstić information content (AvgIpc) is 2.88. The summed E-state index contributed by atoms with van der Waals surface area (Å²) in [5.41, 5.74) is 3.96. The molecule has 172 valence electrons. The molecular weight excluding hydrogens is 418 g/mol. The molecule has 4 rings (SSSR count). The SMILES string of the molecule is COc1ccc(CC2c3cc(OC)c(OC)cc3CCN2C(=O)c2ccccc2)cc1OC. The van der Waals surface area contributed by atoms with E-state index in [1.165, 1.54) is 0 Å². The summed E-state index contributed by atoms with van der Waals surface area (Å²) in [4.78, 5) is 15.5. The maximum atomic E-state index is 13.5. The van der Waals surface area contributed by atoms with Gasteiger partial charge in [0.25, 0.3) is 5.91 Å². The van der Waals surface area contributed by atoms with Crippen LogP contribution in [0.4, 0.5) is 0 Å². The molecule has 0 radical (unpaired) electrons. The largest absolute Gasteiger partial charge is 0.493 e. The molecule has 0 fully saturated rings. The van der Waals surface area contributed by atoms with Gasteiger partial charge in [-0.25, -0.2) is 0 Å². The highest BCUT2D eigenvalue weighted by molar-refractivity contribution is 5.94. The zero-order valence-electron chi connectivity index (χ0n) is 19.5. The van der Waals surface area contributed by atoms with Gasteiger partial charge in [-0.2, -0.15) is 0 Å². The molecule has 0 aromatic heterocycles. The van der Waals surface area contributed by atoms with E-state index in [4.69, 9.17) is 18.9 Å². The fourth-order valence-electron chi connectivity index (χ4n) is 4.47. The van der Waals surface area contributed by atoms with E-state index in [9.17, 15) is 4.79 Å². The van der Waals surface area contributed by atoms with Gasteiger partial charge in [0.05, 0.1) is 34.5 Å². The topological polar surface area (TPSA) is 57.2 Å². The summed E-state index contributed by atoms with van der Waals surface area (Å²) in [6.07, 6.45) is 1.37. The molecule has 0 saturated carbocycles. The fraction of sp³-hybridized carbons (Fsp3) is 0.296. The maximum Gasteiger partial charge on any atom is 0.254 e. The first-order valence-electron chi connectivity index (χ1n) is 10.9. The first kappa shape index (κ1) is 22.5. The Morgan fingerprint density at radius 2 is 1.45 bits per heavy atom. The van der Waals surface area contributed by atoms with E-state index in [1.807, 2.05) is 65.6 Å². The number of fused-ring (bicyclic) bond motifs is 1. The van der Waals surface area contributed by atoms with Gasteiger partial charge < -0.3 is 23.8 Å². The Morgan fingerprint density at radius 3 is 2.12 bits per heavy atom. The molecule has 1 amide bonds. The molecule has 1 unspecified atom stereocenters. The molecule has 33 heavy (non-hydrogen) atoms. The highest BCUT2D eigenvalue weighted by atomic mass is 16.5. The Kier molecular flexibility index (Phi) is 6.73. The number of nitrogens with zero attached hydrogens (tertiary/aromatic N) is 1. The Bertz CT molecular complexity index is 1130. The van der Waals surface area contributed by atoms with E-state index in [0.29, 0.717) is 41.5 Å². The lowest BCUT2D eigenvalue weighted by molar-refractivity contribution is 0.0659. The fourth-order valence-corrected chi connectivity index (χ4v) is 4.47. The maximum absolute atomic E-state index is 13.5. The molecule has 1 heterocycles. The lowest BCUT2D eigenvalue weighted by Crippen LogP contribution is -2.41. The molecule has 1 aliphatic rings. The molecule has 1 atom stereocenters. The molecule has 0 saturated heterocycles. The standard InChI is InChI=1S/C27H29NO5/c1-30-23-11-10-18(15-24(23)31-2)14-22-21-17-26(33-4)25(32-3)16-20(21)12-13-28(22)27(29)19-8-6-5-7-9-19/h5-11,15-17,22H,12-14H2,1-4H3. The molecule has 0 N–H and O–H groups in total. The van der Waals surface area contributed by atoms with Crippen molar-refractivity contribution in [2.75, 3.05) is 35.0 Å². The van der Waals surface area contributed by atoms with Gasteiger partial charge in [0.1, 0.15) is 0 Å². The van der Waals surface area contributed by atoms with Crippen LogP contribution in [0.25, 0.3) is 0 Å². The normalized spacial score (nSPS) is 14.9. The number of rotatable bonds is 7. The van der Waals surface area contributed by atoms with Gasteiger partial charge in [-0.1, -0.05) is 24.3 Å². The van der Waals surface area contributed by atoms with Gasteiger partial charge in [0.2, 0.25) is 0 Å². The van der Waals surface area contributed by atoms with E-state index < -0.39 is 0 Å². The first-order chi connectivity index (χ1) is 16.1. The van der Waals surface area contributed by atoms with Crippen LogP contribution in [0.5, 0.6) is 23.0 Å². The molecule has 1 aliphatic heterocycles. The van der Waals surface area contributed by atoms with Crippen LogP contribution in [0.3, 0.4) is 0 Å². The van der Waals surface area contributed by atoms with Crippen LogP contribution in [-0.2, 0) is 12.8 Å². The molecule has 0 spiro atoms. The van der Waals surface area contributed by atoms with Crippen molar-refractivity contribution in [3.63, 3.8) is 0 Å². The summed E-state index contributed by atoms with van der Waals surface area (Å²) in [6.45, 7) is 0.619. The van der Waals surface area contributed by atoms with Crippen LogP contribution in [0.1, 0.15) is 33.1 Å². The van der Waals surface area contributed by atoms with Crippen LogP contribution in [-0.4, -0.2) is 45.8 Å². The van der Waals surface area contributed by atoms with Gasteiger partial charge in [-0.3, -0.25) is 4.79 Å². The van der Waals surface area contributed by atoms with Crippen molar-refractivity contribution in [3.8, 4) is 23.0 Å². The Morgan fingerprint density at radius 1 is 0.818 bits per heavy atom. The van der Waals surface area contributed by atoms with Crippen molar-refractivity contribution < 1.29 is 23.7 Å². The monoisotopic (exact) mass is 447 g/mol. The highest BCUT2D eigenvalue weighted by Gasteiger charge is 2.33. The number of carbonyl (C=O) groups excluding carboxylic acids is 1. The predicted octanol–water partition coefficient (Wildman–Crippen LogP) is 4.70. The van der Waals surface area contributed by atoms with Crippen molar-refractivity contribution in [1.82, 2.24) is 4.90 Å². The molecular formula is C27H29NO5. The lowest BCUT2D eigenvalue weighted by Gasteiger charge is -2.38. The predicted molar refractivity (Wildman–Crippen MR) is 127 cm³/mol. The molecule has 0 bridgehead atoms. The second-order valence-corrected chi connectivity index (χ2v) is 7.93. The summed E-state index contributed by atoms with van der Waals surface area (Å²) >= 11 is 0. The van der Waals surface area contributed by atoms with Crippen molar-refractivity contribution in [2.45, 2.75) is 18.9 Å². The molecule has 6 heteroatoms. The van der Waals surface area contributed by atoms with Crippen molar-refractivity contribution in [2.24, 2.45) is 0 Å². The minimum Gasteiger partial charge on any atom is -0.493 e. The van der Waals surface area contributed by atoms with Crippen LogP contribution < -0.4 is 18.9 Å². The van der Waals surface area contributed by atoms with Crippen molar-refractivity contribution >= 4 is 5.91 Å². The Balaban J connectivity index is 1.78. The zero-order chi connectivity index (χ0) is 23.4. The minimum absolute atomic E-state index is 0.0153. The van der Waals surface area contributed by atoms with Crippen molar-refractivity contribution in [1.29, 1.82) is 0 Å². The summed E-state index contributed by atoms with van der Waals surface area (Å²) in [6, 6.07) is 19.2. The van der Waals surface area contributed by atoms with Gasteiger partial charge in [-0.15, -0.1) is 0 Å². The Hall–Kier alpha value is -3.67. The van der Waals surface area contributed by atoms with E-state index in [1.54, 1.807) is 28.4 Å². The van der Waals surface area contributed by atoms with Gasteiger partial charge in [-0.05, 0) is 65.9 Å². The number of benzene rings is 3. The van der Waals surface area contributed by atoms with E-state index in [-0.39, 0.29) is 11.9 Å². The molecule has 3 aromatic carbocycles. The number of methoxy groups -OCH3 is 4. The number of hydrogen-bond donors (Lipinski definition) is 0. The third-order valence-electron chi connectivity index (χ3n) is 6.16. The second kappa shape index (κ2) is 9.86. The number of carbonyl (C=O) groups is 1. The summed E-state index contributed by atoms with van der Waals surface area (Å²) in [5, 5.41) is 0. The number of amides is 1. The van der Waals surface area contributed by atoms with Gasteiger partial charge >= 0.3 is 0 Å². The summed E-state index contributed by atoms with van der Waals surface area (Å²) in [5.74, 6) is 2.71. The Labute approximate surface area is 194 Å². The van der Waals surface area contributed by atoms with Gasteiger partial charge in [0.15, 0.2) is 23.0 Å². The molecule has 3 aromatic rings. The summed E-state index contributed by atoms with van der Waals surface area (Å²) < 4.78 is 22.0. The molecule has 0 aliphatic carbocycles. The smallest absolute Gasteiger partial charge is 0.254 e. The average molecular weight is 448 g/mol. The van der Waals surface area contributed by atoms with Gasteiger partial charge in [0, 0.05) is 12.1 Å². The van der Waals surface area contributed by atoms with Crippen LogP contribution >= 0.6 is 0 Å². The molecule has 6 nitrogen and oxygen atoms in total. The highest BCUT2D eigenvalue weighted by Crippen LogP contribution is 2.40. The minimum atomic E-state index is -0.167.